The van der Waals surface area contributed by atoms with E-state index in [-0.39, 0.29) is 67.5 Å². The van der Waals surface area contributed by atoms with E-state index in [0.29, 0.717) is 6.42 Å². The second kappa shape index (κ2) is 13.2. The number of benzene rings is 1. The predicted molar refractivity (Wildman–Crippen MR) is 157 cm³/mol. The summed E-state index contributed by atoms with van der Waals surface area (Å²) in [6.07, 6.45) is -0.145. The van der Waals surface area contributed by atoms with Crippen LogP contribution in [0.4, 0.5) is 4.39 Å². The lowest BCUT2D eigenvalue weighted by molar-refractivity contribution is -0.188. The number of carbonyl (C=O) groups excluding carboxylic acids is 3. The van der Waals surface area contributed by atoms with Crippen LogP contribution in [0, 0.1) is 6.92 Å². The Morgan fingerprint density at radius 3 is 2.43 bits per heavy atom. The molecule has 1 aromatic heterocycles. The van der Waals surface area contributed by atoms with Crippen molar-refractivity contribution in [3.63, 3.8) is 0 Å². The van der Waals surface area contributed by atoms with Crippen LogP contribution in [0.1, 0.15) is 61.9 Å². The molecule has 0 N–H and O–H groups in total. The predicted octanol–water partition coefficient (Wildman–Crippen LogP) is 2.34. The van der Waals surface area contributed by atoms with E-state index >= 15 is 0 Å². The number of alkyl halides is 1. The van der Waals surface area contributed by atoms with Gasteiger partial charge in [-0.2, -0.15) is 4.31 Å². The van der Waals surface area contributed by atoms with Crippen molar-refractivity contribution in [2.45, 2.75) is 81.9 Å². The first kappa shape index (κ1) is 33.7. The number of esters is 3. The smallest absolute Gasteiger partial charge is 0.355 e. The Balaban J connectivity index is 1.64. The summed E-state index contributed by atoms with van der Waals surface area (Å²) in [7, 11) is -4.17. The molecule has 4 heterocycles. The van der Waals surface area contributed by atoms with Gasteiger partial charge in [-0.15, -0.1) is 0 Å². The molecule has 0 unspecified atom stereocenters. The van der Waals surface area contributed by atoms with Crippen molar-refractivity contribution in [3.8, 4) is 0 Å². The first-order chi connectivity index (χ1) is 21.9. The van der Waals surface area contributed by atoms with Gasteiger partial charge in [-0.25, -0.2) is 13.2 Å². The maximum atomic E-state index is 14.5. The molecule has 3 aliphatic heterocycles. The molecule has 1 aromatic carbocycles. The van der Waals surface area contributed by atoms with E-state index in [4.69, 9.17) is 23.7 Å². The maximum Gasteiger partial charge on any atom is 0.355 e. The van der Waals surface area contributed by atoms with E-state index < -0.39 is 70.6 Å². The van der Waals surface area contributed by atoms with Crippen molar-refractivity contribution in [2.75, 3.05) is 33.0 Å². The van der Waals surface area contributed by atoms with Crippen LogP contribution in [0.15, 0.2) is 40.0 Å². The summed E-state index contributed by atoms with van der Waals surface area (Å²) in [5, 5.41) is 0. The Labute approximate surface area is 265 Å². The first-order valence-corrected chi connectivity index (χ1v) is 16.6. The summed E-state index contributed by atoms with van der Waals surface area (Å²) in [6.45, 7) is 3.05. The van der Waals surface area contributed by atoms with E-state index in [0.717, 1.165) is 16.8 Å². The number of nitrogens with zero attached hydrogens (tertiary/aromatic N) is 2. The van der Waals surface area contributed by atoms with Gasteiger partial charge in [0, 0.05) is 38.4 Å². The quantitative estimate of drug-likeness (QED) is 0.257. The lowest BCUT2D eigenvalue weighted by Gasteiger charge is -2.35. The number of sulfonamides is 1. The fourth-order valence-corrected chi connectivity index (χ4v) is 7.91. The minimum Gasteiger partial charge on any atom is -0.463 e. The molecule has 0 radical (unpaired) electrons. The summed E-state index contributed by atoms with van der Waals surface area (Å²) in [5.74, 6) is -4.38. The molecule has 2 fully saturated rings. The van der Waals surface area contributed by atoms with E-state index in [1.807, 2.05) is 0 Å². The molecule has 2 saturated heterocycles. The van der Waals surface area contributed by atoms with Gasteiger partial charge in [0.2, 0.25) is 21.4 Å². The van der Waals surface area contributed by atoms with Crippen molar-refractivity contribution in [2.24, 2.45) is 0 Å². The summed E-state index contributed by atoms with van der Waals surface area (Å²) in [4.78, 5) is 53.7. The Morgan fingerprint density at radius 1 is 1.11 bits per heavy atom. The number of pyridine rings is 1. The van der Waals surface area contributed by atoms with E-state index in [9.17, 15) is 32.0 Å². The largest absolute Gasteiger partial charge is 0.463 e. The molecule has 0 saturated carbocycles. The van der Waals surface area contributed by atoms with Crippen LogP contribution in [-0.2, 0) is 72.6 Å². The molecular formula is C31H37FN2O11S. The van der Waals surface area contributed by atoms with Crippen LogP contribution in [-0.4, -0.2) is 74.3 Å². The minimum atomic E-state index is -4.17. The van der Waals surface area contributed by atoms with Crippen molar-refractivity contribution >= 4 is 27.9 Å². The monoisotopic (exact) mass is 664 g/mol. The summed E-state index contributed by atoms with van der Waals surface area (Å²) in [6, 6.07) is 6.13. The van der Waals surface area contributed by atoms with Crippen molar-refractivity contribution in [3.05, 3.63) is 63.1 Å². The van der Waals surface area contributed by atoms with E-state index in [1.165, 1.54) is 29.7 Å². The van der Waals surface area contributed by atoms with Gasteiger partial charge in [0.1, 0.15) is 12.6 Å². The third kappa shape index (κ3) is 5.96. The minimum absolute atomic E-state index is 0.000582. The number of halogens is 1. The summed E-state index contributed by atoms with van der Waals surface area (Å²) in [5.41, 5.74) is -2.69. The highest BCUT2D eigenvalue weighted by atomic mass is 32.2. The molecule has 0 aliphatic carbocycles. The SMILES string of the molecule is CCOC(=O)[C@@](CCF)(OC(=O)[C@H]1CCCN1S(=O)(=O)c1ccc(C)cc1)c1cc2n(c(=O)c1COC(C)=O)CCC21OCCO1. The normalized spacial score (nSPS) is 20.3. The number of rotatable bonds is 11. The Morgan fingerprint density at radius 2 is 1.80 bits per heavy atom. The van der Waals surface area contributed by atoms with E-state index in [2.05, 4.69) is 0 Å². The fourth-order valence-electron chi connectivity index (χ4n) is 6.26. The maximum absolute atomic E-state index is 14.5. The van der Waals surface area contributed by atoms with Crippen molar-refractivity contribution < 1.29 is 50.9 Å². The number of fused-ring (bicyclic) bond motifs is 2. The molecule has 0 bridgehead atoms. The molecule has 2 aromatic rings. The van der Waals surface area contributed by atoms with Crippen LogP contribution < -0.4 is 5.56 Å². The molecule has 250 valence electrons. The van der Waals surface area contributed by atoms with Crippen LogP contribution >= 0.6 is 0 Å². The van der Waals surface area contributed by atoms with Crippen LogP contribution in [0.25, 0.3) is 0 Å². The number of hydrogen-bond donors (Lipinski definition) is 0. The second-order valence-electron chi connectivity index (χ2n) is 11.4. The van der Waals surface area contributed by atoms with Gasteiger partial charge in [0.15, 0.2) is 0 Å². The van der Waals surface area contributed by atoms with Crippen LogP contribution in [0.2, 0.25) is 0 Å². The van der Waals surface area contributed by atoms with E-state index in [1.54, 1.807) is 19.1 Å². The molecular weight excluding hydrogens is 627 g/mol. The zero-order chi connectivity index (χ0) is 33.3. The average molecular weight is 665 g/mol. The Hall–Kier alpha value is -3.66. The fraction of sp³-hybridized carbons (Fsp3) is 0.548. The van der Waals surface area contributed by atoms with Crippen molar-refractivity contribution in [1.29, 1.82) is 0 Å². The molecule has 2 atom stereocenters. The molecule has 1 spiro atoms. The number of aryl methyl sites for hydroxylation is 1. The Bertz CT molecular complexity index is 1670. The third-order valence-electron chi connectivity index (χ3n) is 8.49. The number of ether oxygens (including phenoxy) is 5. The molecule has 46 heavy (non-hydrogen) atoms. The van der Waals surface area contributed by atoms with Crippen molar-refractivity contribution in [1.82, 2.24) is 8.87 Å². The van der Waals surface area contributed by atoms with Gasteiger partial charge in [0.25, 0.3) is 5.56 Å². The zero-order valence-electron chi connectivity index (χ0n) is 25.9. The molecule has 15 heteroatoms. The van der Waals surface area contributed by atoms with Gasteiger partial charge < -0.3 is 28.3 Å². The van der Waals surface area contributed by atoms with Gasteiger partial charge in [0.05, 0.1) is 42.6 Å². The zero-order valence-corrected chi connectivity index (χ0v) is 26.7. The highest BCUT2D eigenvalue weighted by Gasteiger charge is 2.53. The lowest BCUT2D eigenvalue weighted by atomic mass is 9.86. The molecule has 0 amide bonds. The standard InChI is InChI=1S/C31H37FN2O11S/c1-4-41-29(38)30(11-13-32,45-28(37)25-6-5-14-34(25)46(39,40)22-9-7-20(2)8-10-22)24-18-26-31(43-16-17-44-31)12-15-33(26)27(36)23(24)19-42-21(3)35/h7-10,18,25H,4-6,11-17,19H2,1-3H3/t25-,30+/m1/s1. The topological polar surface area (TPSA) is 157 Å². The van der Waals surface area contributed by atoms with Crippen LogP contribution in [0.3, 0.4) is 0 Å². The molecule has 3 aliphatic rings. The molecule has 13 nitrogen and oxygen atoms in total. The van der Waals surface area contributed by atoms with Gasteiger partial charge in [-0.1, -0.05) is 17.7 Å². The number of aromatic nitrogens is 1. The highest BCUT2D eigenvalue weighted by Crippen LogP contribution is 2.43. The highest BCUT2D eigenvalue weighted by molar-refractivity contribution is 7.89. The second-order valence-corrected chi connectivity index (χ2v) is 13.2. The van der Waals surface area contributed by atoms with Gasteiger partial charge >= 0.3 is 17.9 Å². The number of hydrogen-bond acceptors (Lipinski definition) is 11. The third-order valence-corrected chi connectivity index (χ3v) is 10.4. The Kier molecular flexibility index (Phi) is 9.68. The van der Waals surface area contributed by atoms with Gasteiger partial charge in [-0.3, -0.25) is 18.8 Å². The summed E-state index contributed by atoms with van der Waals surface area (Å²) >= 11 is 0. The molecule has 5 rings (SSSR count). The first-order valence-electron chi connectivity index (χ1n) is 15.1. The summed E-state index contributed by atoms with van der Waals surface area (Å²) < 4.78 is 72.3. The lowest BCUT2D eigenvalue weighted by Crippen LogP contribution is -2.49. The van der Waals surface area contributed by atoms with Crippen LogP contribution in [0.5, 0.6) is 0 Å². The number of carbonyl (C=O) groups is 3. The van der Waals surface area contributed by atoms with Gasteiger partial charge in [-0.05, 0) is 44.9 Å². The average Bonchev–Trinajstić information content (AvgIpc) is 3.78.